The molecule has 2 N–H and O–H groups in total. The third-order valence-electron chi connectivity index (χ3n) is 4.76. The minimum absolute atomic E-state index is 0.00294. The molecule has 3 aromatic rings. The van der Waals surface area contributed by atoms with E-state index in [1.165, 1.54) is 14.2 Å². The van der Waals surface area contributed by atoms with Crippen LogP contribution < -0.4 is 25.6 Å². The molecule has 1 aliphatic rings. The van der Waals surface area contributed by atoms with Crippen molar-refractivity contribution in [2.75, 3.05) is 14.2 Å². The van der Waals surface area contributed by atoms with Crippen molar-refractivity contribution in [1.82, 2.24) is 0 Å². The Kier molecular flexibility index (Phi) is 4.34. The zero-order chi connectivity index (χ0) is 20.7. The molecule has 0 bridgehead atoms. The van der Waals surface area contributed by atoms with Crippen LogP contribution in [0.4, 0.5) is 0 Å². The van der Waals surface area contributed by atoms with Crippen molar-refractivity contribution >= 4 is 11.0 Å². The van der Waals surface area contributed by atoms with Gasteiger partial charge in [-0.15, -0.1) is 0 Å². The smallest absolute Gasteiger partial charge is 0.344 e. The zero-order valence-corrected chi connectivity index (χ0v) is 15.5. The molecule has 9 heteroatoms. The molecule has 29 heavy (non-hydrogen) atoms. The van der Waals surface area contributed by atoms with Gasteiger partial charge in [-0.3, -0.25) is 10.1 Å². The quantitative estimate of drug-likeness (QED) is 0.405. The van der Waals surface area contributed by atoms with Gasteiger partial charge in [-0.2, -0.15) is 0 Å². The lowest BCUT2D eigenvalue weighted by molar-refractivity contribution is -0.432. The van der Waals surface area contributed by atoms with Gasteiger partial charge in [0.25, 0.3) is 5.88 Å². The number of rotatable bonds is 4. The minimum atomic E-state index is -1.12. The van der Waals surface area contributed by atoms with Gasteiger partial charge in [-0.25, -0.2) is 4.79 Å². The summed E-state index contributed by atoms with van der Waals surface area (Å²) in [5, 5.41) is 12.3. The molecule has 0 fully saturated rings. The molecule has 1 unspecified atom stereocenters. The molecule has 0 amide bonds. The van der Waals surface area contributed by atoms with Crippen LogP contribution in [0, 0.1) is 10.1 Å². The lowest BCUT2D eigenvalue weighted by Gasteiger charge is -2.24. The van der Waals surface area contributed by atoms with Crippen LogP contribution in [-0.4, -0.2) is 19.1 Å². The van der Waals surface area contributed by atoms with Crippen molar-refractivity contribution < 1.29 is 23.6 Å². The number of fused-ring (bicyclic) bond motifs is 3. The van der Waals surface area contributed by atoms with E-state index in [0.717, 1.165) is 0 Å². The standard InChI is InChI=1S/C20H16N2O7/c1-26-13-8-7-10(9-14(13)27-2)15-16-18(29-19(21)17(15)22(24)25)11-5-3-4-6-12(11)28-20(16)23/h3-9,15H,21H2,1-2H3. The van der Waals surface area contributed by atoms with E-state index in [0.29, 0.717) is 28.0 Å². The second-order valence-corrected chi connectivity index (χ2v) is 6.28. The molecule has 9 nitrogen and oxygen atoms in total. The number of hydrogen-bond donors (Lipinski definition) is 1. The fraction of sp³-hybridized carbons (Fsp3) is 0.150. The predicted molar refractivity (Wildman–Crippen MR) is 103 cm³/mol. The van der Waals surface area contributed by atoms with E-state index in [9.17, 15) is 14.9 Å². The summed E-state index contributed by atoms with van der Waals surface area (Å²) in [5.74, 6) is -0.578. The topological polar surface area (TPSA) is 127 Å². The summed E-state index contributed by atoms with van der Waals surface area (Å²) in [5.41, 5.74) is 5.42. The minimum Gasteiger partial charge on any atom is -0.493 e. The Balaban J connectivity index is 2.06. The van der Waals surface area contributed by atoms with E-state index in [1.807, 2.05) is 0 Å². The highest BCUT2D eigenvalue weighted by Gasteiger charge is 2.42. The van der Waals surface area contributed by atoms with Gasteiger partial charge >= 0.3 is 11.3 Å². The van der Waals surface area contributed by atoms with Gasteiger partial charge in [-0.05, 0) is 29.8 Å². The first-order valence-corrected chi connectivity index (χ1v) is 8.55. The number of ether oxygens (including phenoxy) is 3. The van der Waals surface area contributed by atoms with Gasteiger partial charge in [-0.1, -0.05) is 18.2 Å². The molecule has 0 spiro atoms. The molecule has 2 aromatic carbocycles. The third-order valence-corrected chi connectivity index (χ3v) is 4.76. The average molecular weight is 396 g/mol. The Morgan fingerprint density at radius 3 is 2.52 bits per heavy atom. The molecule has 1 aliphatic heterocycles. The van der Waals surface area contributed by atoms with Gasteiger partial charge in [0.05, 0.1) is 30.1 Å². The van der Waals surface area contributed by atoms with Crippen molar-refractivity contribution in [2.24, 2.45) is 5.73 Å². The molecule has 1 aromatic heterocycles. The zero-order valence-electron chi connectivity index (χ0n) is 15.5. The molecule has 1 atom stereocenters. The van der Waals surface area contributed by atoms with Gasteiger partial charge in [0, 0.05) is 0 Å². The number of benzene rings is 2. The number of para-hydroxylation sites is 1. The molecular weight excluding hydrogens is 380 g/mol. The van der Waals surface area contributed by atoms with Crippen LogP contribution in [0.25, 0.3) is 11.0 Å². The van der Waals surface area contributed by atoms with Crippen LogP contribution in [0.5, 0.6) is 17.2 Å². The van der Waals surface area contributed by atoms with Crippen LogP contribution in [0.3, 0.4) is 0 Å². The molecule has 0 aliphatic carbocycles. The van der Waals surface area contributed by atoms with E-state index < -0.39 is 28.0 Å². The number of nitrogens with two attached hydrogens (primary N) is 1. The Hall–Kier alpha value is -4.01. The van der Waals surface area contributed by atoms with Crippen LogP contribution >= 0.6 is 0 Å². The molecule has 4 rings (SSSR count). The number of nitro groups is 1. The first-order chi connectivity index (χ1) is 14.0. The van der Waals surface area contributed by atoms with Crippen LogP contribution in [0.15, 0.2) is 63.3 Å². The summed E-state index contributed by atoms with van der Waals surface area (Å²) < 4.78 is 21.5. The van der Waals surface area contributed by atoms with Crippen molar-refractivity contribution in [2.45, 2.75) is 5.92 Å². The molecular formula is C20H16N2O7. The monoisotopic (exact) mass is 396 g/mol. The van der Waals surface area contributed by atoms with Crippen molar-refractivity contribution in [1.29, 1.82) is 0 Å². The normalized spacial score (nSPS) is 15.6. The van der Waals surface area contributed by atoms with E-state index >= 15 is 0 Å². The first kappa shape index (κ1) is 18.4. The van der Waals surface area contributed by atoms with E-state index in [-0.39, 0.29) is 11.3 Å². The van der Waals surface area contributed by atoms with Crippen molar-refractivity contribution in [3.63, 3.8) is 0 Å². The SMILES string of the molecule is COc1ccc(C2C([N+](=O)[O-])=C(N)Oc3c2c(=O)oc2ccccc32)cc1OC. The maximum Gasteiger partial charge on any atom is 0.344 e. The predicted octanol–water partition coefficient (Wildman–Crippen LogP) is 2.74. The van der Waals surface area contributed by atoms with Gasteiger partial charge < -0.3 is 24.4 Å². The average Bonchev–Trinajstić information content (AvgIpc) is 2.72. The number of hydrogen-bond acceptors (Lipinski definition) is 8. The Morgan fingerprint density at radius 1 is 1.10 bits per heavy atom. The summed E-state index contributed by atoms with van der Waals surface area (Å²) >= 11 is 0. The Labute approximate surface area is 164 Å². The highest BCUT2D eigenvalue weighted by atomic mass is 16.6. The fourth-order valence-electron chi connectivity index (χ4n) is 3.49. The first-order valence-electron chi connectivity index (χ1n) is 8.55. The van der Waals surface area contributed by atoms with Crippen LogP contribution in [-0.2, 0) is 0 Å². The summed E-state index contributed by atoms with van der Waals surface area (Å²) in [6, 6.07) is 11.5. The maximum atomic E-state index is 12.8. The van der Waals surface area contributed by atoms with Gasteiger partial charge in [0.2, 0.25) is 0 Å². The third kappa shape index (κ3) is 2.83. The largest absolute Gasteiger partial charge is 0.493 e. The molecule has 0 radical (unpaired) electrons. The highest BCUT2D eigenvalue weighted by Crippen LogP contribution is 2.45. The van der Waals surface area contributed by atoms with E-state index in [4.69, 9.17) is 24.4 Å². The second kappa shape index (κ2) is 6.86. The lowest BCUT2D eigenvalue weighted by atomic mass is 9.86. The summed E-state index contributed by atoms with van der Waals surface area (Å²) in [7, 11) is 2.92. The Morgan fingerprint density at radius 2 is 1.83 bits per heavy atom. The van der Waals surface area contributed by atoms with E-state index in [2.05, 4.69) is 0 Å². The van der Waals surface area contributed by atoms with Crippen molar-refractivity contribution in [3.8, 4) is 17.2 Å². The molecule has 0 saturated carbocycles. The van der Waals surface area contributed by atoms with Gasteiger partial charge in [0.1, 0.15) is 11.5 Å². The molecule has 148 valence electrons. The number of allylic oxidation sites excluding steroid dienone is 1. The Bertz CT molecular complexity index is 1230. The summed E-state index contributed by atoms with van der Waals surface area (Å²) in [4.78, 5) is 24.0. The highest BCUT2D eigenvalue weighted by molar-refractivity contribution is 5.85. The van der Waals surface area contributed by atoms with Crippen molar-refractivity contribution in [3.05, 3.63) is 85.7 Å². The van der Waals surface area contributed by atoms with E-state index in [1.54, 1.807) is 42.5 Å². The molecule has 2 heterocycles. The van der Waals surface area contributed by atoms with Crippen LogP contribution in [0.2, 0.25) is 0 Å². The summed E-state index contributed by atoms with van der Waals surface area (Å²) in [6.45, 7) is 0. The lowest BCUT2D eigenvalue weighted by Crippen LogP contribution is -2.29. The van der Waals surface area contributed by atoms with Gasteiger partial charge in [0.15, 0.2) is 17.2 Å². The van der Waals surface area contributed by atoms with Crippen LogP contribution in [0.1, 0.15) is 17.0 Å². The maximum absolute atomic E-state index is 12.8. The number of nitrogens with zero attached hydrogens (tertiary/aromatic N) is 1. The second-order valence-electron chi connectivity index (χ2n) is 6.28. The molecule has 0 saturated heterocycles. The number of methoxy groups -OCH3 is 2. The fourth-order valence-corrected chi connectivity index (χ4v) is 3.49. The summed E-state index contributed by atoms with van der Waals surface area (Å²) in [6.07, 6.45) is 0.